The van der Waals surface area contributed by atoms with Gasteiger partial charge in [0.1, 0.15) is 23.0 Å². The first-order valence-electron chi connectivity index (χ1n) is 9.98. The molecule has 0 fully saturated rings. The van der Waals surface area contributed by atoms with Crippen molar-refractivity contribution in [3.63, 3.8) is 0 Å². The molecule has 0 saturated heterocycles. The fourth-order valence-electron chi connectivity index (χ4n) is 4.44. The van der Waals surface area contributed by atoms with Gasteiger partial charge in [-0.15, -0.1) is 0 Å². The molecule has 5 rings (SSSR count). The second-order valence-corrected chi connectivity index (χ2v) is 7.58. The highest BCUT2D eigenvalue weighted by Gasteiger charge is 2.27. The van der Waals surface area contributed by atoms with Gasteiger partial charge in [0.2, 0.25) is 0 Å². The second kappa shape index (κ2) is 7.26. The largest absolute Gasteiger partial charge is 0.508 e. The lowest BCUT2D eigenvalue weighted by Crippen LogP contribution is -2.06. The molecule has 4 N–H and O–H groups in total. The molecule has 0 spiro atoms. The first-order chi connectivity index (χ1) is 15.1. The predicted octanol–water partition coefficient (Wildman–Crippen LogP) is 6.00. The van der Waals surface area contributed by atoms with E-state index in [9.17, 15) is 20.4 Å². The quantitative estimate of drug-likeness (QED) is 0.276. The zero-order chi connectivity index (χ0) is 21.5. The van der Waals surface area contributed by atoms with Gasteiger partial charge in [-0.25, -0.2) is 0 Å². The molecule has 0 atom stereocenters. The average molecular weight is 408 g/mol. The van der Waals surface area contributed by atoms with E-state index in [0.29, 0.717) is 32.7 Å². The third-order valence-corrected chi connectivity index (χ3v) is 5.82. The number of fused-ring (bicyclic) bond motifs is 2. The fraction of sp³-hybridized carbons (Fsp3) is 0.0370. The van der Waals surface area contributed by atoms with E-state index in [0.717, 1.165) is 5.56 Å². The van der Waals surface area contributed by atoms with E-state index in [1.807, 2.05) is 42.5 Å². The van der Waals surface area contributed by atoms with E-state index in [-0.39, 0.29) is 23.0 Å². The molecule has 31 heavy (non-hydrogen) atoms. The molecule has 0 aliphatic carbocycles. The number of benzene rings is 5. The summed E-state index contributed by atoms with van der Waals surface area (Å²) < 4.78 is 0. The number of phenols is 4. The number of hydrogen-bond acceptors (Lipinski definition) is 4. The number of aromatic hydroxyl groups is 4. The molecule has 4 heteroatoms. The third kappa shape index (κ3) is 3.01. The van der Waals surface area contributed by atoms with E-state index < -0.39 is 5.92 Å². The molecule has 0 aromatic heterocycles. The highest BCUT2D eigenvalue weighted by Crippen LogP contribution is 2.47. The minimum Gasteiger partial charge on any atom is -0.508 e. The summed E-state index contributed by atoms with van der Waals surface area (Å²) in [6.45, 7) is 0. The number of hydrogen-bond donors (Lipinski definition) is 4. The SMILES string of the molecule is Oc1ccc2c(O)cccc2c1C(c1ccccc1)c1c(O)ccc2c(O)cccc12. The Kier molecular flexibility index (Phi) is 4.41. The first-order valence-corrected chi connectivity index (χ1v) is 9.98. The van der Waals surface area contributed by atoms with Crippen LogP contribution in [0.2, 0.25) is 0 Å². The van der Waals surface area contributed by atoms with Gasteiger partial charge in [0.05, 0.1) is 0 Å². The van der Waals surface area contributed by atoms with E-state index in [2.05, 4.69) is 0 Å². The third-order valence-electron chi connectivity index (χ3n) is 5.82. The second-order valence-electron chi connectivity index (χ2n) is 7.58. The highest BCUT2D eigenvalue weighted by molar-refractivity contribution is 5.97. The van der Waals surface area contributed by atoms with Crippen molar-refractivity contribution in [2.75, 3.05) is 0 Å². The van der Waals surface area contributed by atoms with Crippen molar-refractivity contribution in [2.24, 2.45) is 0 Å². The zero-order valence-electron chi connectivity index (χ0n) is 16.5. The van der Waals surface area contributed by atoms with E-state index in [1.165, 1.54) is 0 Å². The van der Waals surface area contributed by atoms with Crippen molar-refractivity contribution >= 4 is 21.5 Å². The topological polar surface area (TPSA) is 80.9 Å². The molecule has 0 bridgehead atoms. The van der Waals surface area contributed by atoms with Crippen LogP contribution in [0.3, 0.4) is 0 Å². The minimum atomic E-state index is -0.544. The van der Waals surface area contributed by atoms with Crippen LogP contribution in [0.1, 0.15) is 22.6 Å². The lowest BCUT2D eigenvalue weighted by atomic mass is 9.79. The van der Waals surface area contributed by atoms with Crippen LogP contribution in [0.15, 0.2) is 91.0 Å². The van der Waals surface area contributed by atoms with Gasteiger partial charge >= 0.3 is 0 Å². The van der Waals surface area contributed by atoms with Crippen molar-refractivity contribution in [3.8, 4) is 23.0 Å². The van der Waals surface area contributed by atoms with Gasteiger partial charge in [-0.2, -0.15) is 0 Å². The number of phenolic OH excluding ortho intramolecular Hbond substituents is 4. The van der Waals surface area contributed by atoms with Gasteiger partial charge in [0.25, 0.3) is 0 Å². The van der Waals surface area contributed by atoms with Crippen LogP contribution in [-0.4, -0.2) is 20.4 Å². The summed E-state index contributed by atoms with van der Waals surface area (Å²) in [6.07, 6.45) is 0. The molecule has 0 saturated carbocycles. The van der Waals surface area contributed by atoms with Crippen LogP contribution >= 0.6 is 0 Å². The molecular weight excluding hydrogens is 388 g/mol. The standard InChI is InChI=1S/C27H20O4/c28-21-10-4-8-19-17(21)12-14-23(30)26(19)25(16-6-2-1-3-7-16)27-20-9-5-11-22(29)18(20)13-15-24(27)31/h1-15,25,28-31H. The first kappa shape index (κ1) is 18.8. The molecule has 5 aromatic carbocycles. The van der Waals surface area contributed by atoms with Crippen molar-refractivity contribution < 1.29 is 20.4 Å². The molecule has 0 heterocycles. The molecule has 4 nitrogen and oxygen atoms in total. The Morgan fingerprint density at radius 3 is 1.35 bits per heavy atom. The summed E-state index contributed by atoms with van der Waals surface area (Å²) in [5, 5.41) is 45.4. The molecule has 5 aromatic rings. The fourth-order valence-corrected chi connectivity index (χ4v) is 4.44. The lowest BCUT2D eigenvalue weighted by molar-refractivity contribution is 0.460. The smallest absolute Gasteiger partial charge is 0.123 e. The normalized spacial score (nSPS) is 11.4. The van der Waals surface area contributed by atoms with E-state index >= 15 is 0 Å². The molecule has 0 amide bonds. The summed E-state index contributed by atoms with van der Waals surface area (Å²) in [4.78, 5) is 0. The van der Waals surface area contributed by atoms with Crippen molar-refractivity contribution in [1.82, 2.24) is 0 Å². The summed E-state index contributed by atoms with van der Waals surface area (Å²) >= 11 is 0. The monoisotopic (exact) mass is 408 g/mol. The summed E-state index contributed by atoms with van der Waals surface area (Å²) in [5.74, 6) is -0.195. The van der Waals surface area contributed by atoms with Gasteiger partial charge < -0.3 is 20.4 Å². The average Bonchev–Trinajstić information content (AvgIpc) is 2.78. The predicted molar refractivity (Wildman–Crippen MR) is 122 cm³/mol. The van der Waals surface area contributed by atoms with Crippen LogP contribution in [0.4, 0.5) is 0 Å². The Balaban J connectivity index is 1.94. The van der Waals surface area contributed by atoms with E-state index in [1.54, 1.807) is 48.5 Å². The van der Waals surface area contributed by atoms with E-state index in [4.69, 9.17) is 0 Å². The van der Waals surface area contributed by atoms with Crippen LogP contribution in [0.5, 0.6) is 23.0 Å². The molecule has 0 aliphatic heterocycles. The Bertz CT molecular complexity index is 1330. The van der Waals surface area contributed by atoms with Crippen molar-refractivity contribution in [3.05, 3.63) is 108 Å². The lowest BCUT2D eigenvalue weighted by Gasteiger charge is -2.24. The Morgan fingerprint density at radius 1 is 0.387 bits per heavy atom. The minimum absolute atomic E-state index is 0.0588. The molecule has 0 radical (unpaired) electrons. The van der Waals surface area contributed by atoms with Gasteiger partial charge in [-0.05, 0) is 52.7 Å². The maximum atomic E-state index is 11.0. The van der Waals surface area contributed by atoms with Crippen LogP contribution in [-0.2, 0) is 0 Å². The van der Waals surface area contributed by atoms with Gasteiger partial charge in [-0.1, -0.05) is 54.6 Å². The highest BCUT2D eigenvalue weighted by atomic mass is 16.3. The van der Waals surface area contributed by atoms with Crippen molar-refractivity contribution in [2.45, 2.75) is 5.92 Å². The molecule has 152 valence electrons. The molecular formula is C27H20O4. The van der Waals surface area contributed by atoms with Crippen molar-refractivity contribution in [1.29, 1.82) is 0 Å². The Labute approximate surface area is 178 Å². The summed E-state index contributed by atoms with van der Waals surface area (Å²) in [6, 6.07) is 26.4. The Morgan fingerprint density at radius 2 is 0.871 bits per heavy atom. The number of rotatable bonds is 3. The summed E-state index contributed by atoms with van der Waals surface area (Å²) in [5.41, 5.74) is 2.01. The van der Waals surface area contributed by atoms with Crippen LogP contribution in [0.25, 0.3) is 21.5 Å². The van der Waals surface area contributed by atoms with Gasteiger partial charge in [0, 0.05) is 27.8 Å². The van der Waals surface area contributed by atoms with Gasteiger partial charge in [-0.3, -0.25) is 0 Å². The molecule has 0 unspecified atom stereocenters. The molecule has 0 aliphatic rings. The van der Waals surface area contributed by atoms with Crippen LogP contribution < -0.4 is 0 Å². The maximum absolute atomic E-state index is 11.0. The zero-order valence-corrected chi connectivity index (χ0v) is 16.5. The Hall–Kier alpha value is -4.18. The maximum Gasteiger partial charge on any atom is 0.123 e. The van der Waals surface area contributed by atoms with Gasteiger partial charge in [0.15, 0.2) is 0 Å². The summed E-state index contributed by atoms with van der Waals surface area (Å²) in [7, 11) is 0. The van der Waals surface area contributed by atoms with Crippen LogP contribution in [0, 0.1) is 0 Å².